The van der Waals surface area contributed by atoms with Gasteiger partial charge in [-0.1, -0.05) is 30.3 Å². The maximum absolute atomic E-state index is 11.4. The number of hydrogen-bond donors (Lipinski definition) is 1. The zero-order valence-electron chi connectivity index (χ0n) is 12.6. The molecule has 2 aromatic carbocycles. The molecule has 0 unspecified atom stereocenters. The molecule has 0 bridgehead atoms. The summed E-state index contributed by atoms with van der Waals surface area (Å²) >= 11 is 0. The number of carbonyl (C=O) groups is 1. The monoisotopic (exact) mass is 288 g/mol. The van der Waals surface area contributed by atoms with Gasteiger partial charge in [0.05, 0.1) is 12.2 Å². The molecule has 4 nitrogen and oxygen atoms in total. The van der Waals surface area contributed by atoms with Crippen molar-refractivity contribution in [3.05, 3.63) is 42.0 Å². The maximum atomic E-state index is 11.4. The van der Waals surface area contributed by atoms with E-state index in [0.29, 0.717) is 18.8 Å². The summed E-state index contributed by atoms with van der Waals surface area (Å²) in [4.78, 5) is 11.4. The number of aromatic carboxylic acids is 1. The molecule has 21 heavy (non-hydrogen) atoms. The average molecular weight is 288 g/mol. The van der Waals surface area contributed by atoms with E-state index in [1.165, 1.54) is 0 Å². The number of hydrogen-bond acceptors (Lipinski definition) is 3. The highest BCUT2D eigenvalue weighted by Crippen LogP contribution is 2.30. The number of fused-ring (bicyclic) bond motifs is 1. The minimum absolute atomic E-state index is 0.184. The Hall–Kier alpha value is -2.07. The Kier molecular flexibility index (Phi) is 4.48. The van der Waals surface area contributed by atoms with Crippen LogP contribution in [-0.4, -0.2) is 30.4 Å². The largest absolute Gasteiger partial charge is 0.492 e. The maximum Gasteiger partial charge on any atom is 0.339 e. The summed E-state index contributed by atoms with van der Waals surface area (Å²) in [6.45, 7) is 4.34. The van der Waals surface area contributed by atoms with Gasteiger partial charge in [-0.25, -0.2) is 4.79 Å². The number of carboxylic acid groups (broad SMARTS) is 1. The zero-order valence-corrected chi connectivity index (χ0v) is 12.6. The molecule has 0 spiro atoms. The Morgan fingerprint density at radius 1 is 1.19 bits per heavy atom. The lowest BCUT2D eigenvalue weighted by Gasteiger charge is -2.23. The second-order valence-corrected chi connectivity index (χ2v) is 5.53. The lowest BCUT2D eigenvalue weighted by Crippen LogP contribution is -2.25. The number of methoxy groups -OCH3 is 1. The van der Waals surface area contributed by atoms with Gasteiger partial charge in [0, 0.05) is 18.9 Å². The molecule has 4 heteroatoms. The first-order valence-electron chi connectivity index (χ1n) is 6.87. The van der Waals surface area contributed by atoms with E-state index in [4.69, 9.17) is 9.47 Å². The lowest BCUT2D eigenvalue weighted by molar-refractivity contribution is 0.00550. The lowest BCUT2D eigenvalue weighted by atomic mass is 10.0. The summed E-state index contributed by atoms with van der Waals surface area (Å²) in [5.74, 6) is -0.561. The predicted octanol–water partition coefficient (Wildman–Crippen LogP) is 3.73. The van der Waals surface area contributed by atoms with Crippen LogP contribution in [0.4, 0.5) is 0 Å². The molecule has 0 heterocycles. The standard InChI is InChI=1S/C17H20O4/c1-17(2,20-3)10-11-21-15-13-7-5-4-6-12(13)8-9-14(15)16(18)19/h4-9H,10-11H2,1-3H3,(H,18,19). The molecule has 1 N–H and O–H groups in total. The quantitative estimate of drug-likeness (QED) is 0.880. The van der Waals surface area contributed by atoms with E-state index in [2.05, 4.69) is 0 Å². The summed E-state index contributed by atoms with van der Waals surface area (Å²) < 4.78 is 11.1. The molecule has 2 aromatic rings. The van der Waals surface area contributed by atoms with Crippen LogP contribution in [0.25, 0.3) is 10.8 Å². The van der Waals surface area contributed by atoms with Gasteiger partial charge in [0.15, 0.2) is 0 Å². The summed E-state index contributed by atoms with van der Waals surface area (Å²) in [6.07, 6.45) is 0.672. The second kappa shape index (κ2) is 6.14. The van der Waals surface area contributed by atoms with Crippen LogP contribution in [0.2, 0.25) is 0 Å². The minimum atomic E-state index is -0.984. The fourth-order valence-corrected chi connectivity index (χ4v) is 2.07. The Morgan fingerprint density at radius 2 is 1.90 bits per heavy atom. The molecule has 0 saturated heterocycles. The first kappa shape index (κ1) is 15.3. The molecule has 0 aliphatic rings. The van der Waals surface area contributed by atoms with Crippen molar-refractivity contribution in [2.24, 2.45) is 0 Å². The third-order valence-electron chi connectivity index (χ3n) is 3.61. The van der Waals surface area contributed by atoms with Crippen molar-refractivity contribution in [3.8, 4) is 5.75 Å². The number of rotatable bonds is 6. The Labute approximate surface area is 124 Å². The van der Waals surface area contributed by atoms with Gasteiger partial charge in [-0.2, -0.15) is 0 Å². The molecular weight excluding hydrogens is 268 g/mol. The highest BCUT2D eigenvalue weighted by atomic mass is 16.5. The SMILES string of the molecule is COC(C)(C)CCOc1c(C(=O)O)ccc2ccccc12. The van der Waals surface area contributed by atoms with Gasteiger partial charge in [-0.3, -0.25) is 0 Å². The van der Waals surface area contributed by atoms with Crippen molar-refractivity contribution in [1.29, 1.82) is 0 Å². The van der Waals surface area contributed by atoms with Crippen molar-refractivity contribution >= 4 is 16.7 Å². The van der Waals surface area contributed by atoms with E-state index in [0.717, 1.165) is 10.8 Å². The van der Waals surface area contributed by atoms with Crippen LogP contribution >= 0.6 is 0 Å². The molecule has 0 saturated carbocycles. The van der Waals surface area contributed by atoms with Crippen LogP contribution in [0.15, 0.2) is 36.4 Å². The highest BCUT2D eigenvalue weighted by molar-refractivity contribution is 6.00. The van der Waals surface area contributed by atoms with Crippen LogP contribution in [0.3, 0.4) is 0 Å². The van der Waals surface area contributed by atoms with Crippen LogP contribution in [0, 0.1) is 0 Å². The van der Waals surface area contributed by atoms with Gasteiger partial charge in [-0.15, -0.1) is 0 Å². The van der Waals surface area contributed by atoms with Gasteiger partial charge in [0.2, 0.25) is 0 Å². The molecule has 2 rings (SSSR count). The van der Waals surface area contributed by atoms with Gasteiger partial charge >= 0.3 is 5.97 Å². The van der Waals surface area contributed by atoms with Crippen molar-refractivity contribution in [2.75, 3.05) is 13.7 Å². The fourth-order valence-electron chi connectivity index (χ4n) is 2.07. The van der Waals surface area contributed by atoms with Crippen molar-refractivity contribution in [3.63, 3.8) is 0 Å². The summed E-state index contributed by atoms with van der Waals surface area (Å²) in [6, 6.07) is 11.0. The summed E-state index contributed by atoms with van der Waals surface area (Å²) in [7, 11) is 1.65. The molecule has 0 radical (unpaired) electrons. The van der Waals surface area contributed by atoms with Gasteiger partial charge in [-0.05, 0) is 25.3 Å². The Morgan fingerprint density at radius 3 is 2.57 bits per heavy atom. The summed E-state index contributed by atoms with van der Waals surface area (Å²) in [5, 5.41) is 11.1. The van der Waals surface area contributed by atoms with Crippen LogP contribution in [0.1, 0.15) is 30.6 Å². The number of carboxylic acids is 1. The van der Waals surface area contributed by atoms with E-state index >= 15 is 0 Å². The van der Waals surface area contributed by atoms with Crippen molar-refractivity contribution in [2.45, 2.75) is 25.9 Å². The molecule has 112 valence electrons. The second-order valence-electron chi connectivity index (χ2n) is 5.53. The van der Waals surface area contributed by atoms with Gasteiger partial charge in [0.1, 0.15) is 11.3 Å². The third kappa shape index (κ3) is 3.52. The van der Waals surface area contributed by atoms with Crippen LogP contribution < -0.4 is 4.74 Å². The molecule has 0 atom stereocenters. The zero-order chi connectivity index (χ0) is 15.5. The fraction of sp³-hybridized carbons (Fsp3) is 0.353. The first-order chi connectivity index (χ1) is 9.94. The normalized spacial score (nSPS) is 11.6. The predicted molar refractivity (Wildman–Crippen MR) is 82.1 cm³/mol. The van der Waals surface area contributed by atoms with E-state index in [1.807, 2.05) is 38.1 Å². The highest BCUT2D eigenvalue weighted by Gasteiger charge is 2.19. The number of benzene rings is 2. The van der Waals surface area contributed by atoms with E-state index in [1.54, 1.807) is 19.2 Å². The average Bonchev–Trinajstić information content (AvgIpc) is 2.47. The van der Waals surface area contributed by atoms with E-state index < -0.39 is 5.97 Å². The Bertz CT molecular complexity index is 646. The molecule has 0 aromatic heterocycles. The van der Waals surface area contributed by atoms with Crippen molar-refractivity contribution < 1.29 is 19.4 Å². The molecular formula is C17H20O4. The van der Waals surface area contributed by atoms with Gasteiger partial charge < -0.3 is 14.6 Å². The van der Waals surface area contributed by atoms with E-state index in [9.17, 15) is 9.90 Å². The van der Waals surface area contributed by atoms with Gasteiger partial charge in [0.25, 0.3) is 0 Å². The molecule has 0 amide bonds. The van der Waals surface area contributed by atoms with Crippen LogP contribution in [0.5, 0.6) is 5.75 Å². The van der Waals surface area contributed by atoms with Crippen LogP contribution in [-0.2, 0) is 4.74 Å². The molecule has 0 aliphatic carbocycles. The third-order valence-corrected chi connectivity index (χ3v) is 3.61. The number of ether oxygens (including phenoxy) is 2. The van der Waals surface area contributed by atoms with Crippen molar-refractivity contribution in [1.82, 2.24) is 0 Å². The topological polar surface area (TPSA) is 55.8 Å². The summed E-state index contributed by atoms with van der Waals surface area (Å²) in [5.41, 5.74) is -0.113. The Balaban J connectivity index is 2.32. The first-order valence-corrected chi connectivity index (χ1v) is 6.87. The van der Waals surface area contributed by atoms with E-state index in [-0.39, 0.29) is 11.2 Å². The minimum Gasteiger partial charge on any atom is -0.492 e. The smallest absolute Gasteiger partial charge is 0.339 e. The molecule has 0 aliphatic heterocycles. The molecule has 0 fully saturated rings.